The van der Waals surface area contributed by atoms with Gasteiger partial charge in [-0.15, -0.1) is 0 Å². The van der Waals surface area contributed by atoms with Crippen LogP contribution in [0.3, 0.4) is 0 Å². The minimum atomic E-state index is -1.16. The van der Waals surface area contributed by atoms with Crippen LogP contribution >= 0.6 is 0 Å². The molecule has 1 aliphatic rings. The van der Waals surface area contributed by atoms with Crippen molar-refractivity contribution < 1.29 is 33.2 Å². The molecule has 0 aliphatic carbocycles. The van der Waals surface area contributed by atoms with Crippen molar-refractivity contribution in [1.82, 2.24) is 19.5 Å². The van der Waals surface area contributed by atoms with Crippen molar-refractivity contribution in [1.29, 1.82) is 0 Å². The number of fused-ring (bicyclic) bond motifs is 1. The molecule has 3 atom stereocenters. The Morgan fingerprint density at radius 1 is 0.547 bits per heavy atom. The molecule has 0 spiro atoms. The predicted molar refractivity (Wildman–Crippen MR) is 244 cm³/mol. The quantitative estimate of drug-likeness (QED) is 0.0933. The summed E-state index contributed by atoms with van der Waals surface area (Å²) >= 11 is 0. The highest BCUT2D eigenvalue weighted by Crippen LogP contribution is 2.48. The van der Waals surface area contributed by atoms with Crippen LogP contribution in [-0.4, -0.2) is 66.8 Å². The van der Waals surface area contributed by atoms with Crippen LogP contribution in [0.2, 0.25) is 0 Å². The lowest BCUT2D eigenvalue weighted by molar-refractivity contribution is -0.125. The number of ether oxygens (including phenoxy) is 7. The van der Waals surface area contributed by atoms with Crippen molar-refractivity contribution in [3.8, 4) is 23.0 Å². The van der Waals surface area contributed by atoms with Gasteiger partial charge in [-0.1, -0.05) is 109 Å². The zero-order valence-corrected chi connectivity index (χ0v) is 36.0. The van der Waals surface area contributed by atoms with Gasteiger partial charge < -0.3 is 38.9 Å². The predicted octanol–water partition coefficient (Wildman–Crippen LogP) is 9.12. The molecule has 0 unspecified atom stereocenters. The van der Waals surface area contributed by atoms with E-state index in [1.54, 1.807) is 34.8 Å². The van der Waals surface area contributed by atoms with Gasteiger partial charge in [-0.25, -0.2) is 15.0 Å². The van der Waals surface area contributed by atoms with E-state index in [0.717, 1.165) is 56.4 Å². The number of aromatic nitrogens is 4. The first-order valence-electron chi connectivity index (χ1n) is 21.0. The van der Waals surface area contributed by atoms with Gasteiger partial charge in [-0.05, 0) is 81.9 Å². The molecular weight excluding hydrogens is 807 g/mol. The van der Waals surface area contributed by atoms with Gasteiger partial charge in [0.2, 0.25) is 0 Å². The topological polar surface area (TPSA) is 134 Å². The maximum absolute atomic E-state index is 7.81. The molecule has 64 heavy (non-hydrogen) atoms. The Kier molecular flexibility index (Phi) is 12.0. The summed E-state index contributed by atoms with van der Waals surface area (Å²) in [4.78, 5) is 13.4. The summed E-state index contributed by atoms with van der Waals surface area (Å²) < 4.78 is 46.9. The number of benzene rings is 6. The van der Waals surface area contributed by atoms with E-state index >= 15 is 0 Å². The van der Waals surface area contributed by atoms with Crippen LogP contribution in [-0.2, 0) is 25.4 Å². The normalized spacial score (nSPS) is 16.4. The van der Waals surface area contributed by atoms with Crippen LogP contribution in [0.4, 0.5) is 5.82 Å². The van der Waals surface area contributed by atoms with Gasteiger partial charge in [0, 0.05) is 6.42 Å². The molecule has 1 aliphatic heterocycles. The molecule has 2 N–H and O–H groups in total. The SMILES string of the molecule is COc1ccc(C(OC[C@H]2O[C@@H](n3cnc4c(N)ncnc43)C[C@@H]2OC(c2ccccc2)(c2ccc(OC)cc2)c2ccc(OC)cc2)(c2ccccc2)c2ccc(OC)cc2)cc1. The molecule has 6 aromatic carbocycles. The van der Waals surface area contributed by atoms with Gasteiger partial charge in [-0.3, -0.25) is 4.57 Å². The molecule has 0 radical (unpaired) electrons. The number of imidazole rings is 1. The Balaban J connectivity index is 1.21. The standard InChI is InChI=1S/C52H49N5O7/c1-58-41-23-15-37(16-24-41)51(35-11-7-5-8-12-35,38-17-25-42(59-2)26-18-38)62-32-46-45(31-47(63-46)57-34-56-48-49(53)54-33-55-50(48)57)64-52(36-13-9-6-10-14-36,39-19-27-43(60-3)28-20-39)40-21-29-44(61-4)30-22-40/h5-30,33-34,45-47H,31-32H2,1-4H3,(H2,53,54,55)/t45-,46+,47+/m0/s1. The molecule has 3 heterocycles. The number of anilines is 1. The van der Waals surface area contributed by atoms with Crippen molar-refractivity contribution in [3.05, 3.63) is 204 Å². The van der Waals surface area contributed by atoms with E-state index in [-0.39, 0.29) is 12.4 Å². The van der Waals surface area contributed by atoms with Gasteiger partial charge in [-0.2, -0.15) is 0 Å². The van der Waals surface area contributed by atoms with Crippen LogP contribution < -0.4 is 24.7 Å². The zero-order valence-electron chi connectivity index (χ0n) is 36.0. The molecule has 1 fully saturated rings. The molecule has 0 amide bonds. The van der Waals surface area contributed by atoms with Crippen LogP contribution in [0.1, 0.15) is 46.0 Å². The third kappa shape index (κ3) is 7.76. The Morgan fingerprint density at radius 3 is 1.42 bits per heavy atom. The maximum atomic E-state index is 7.81. The fourth-order valence-electron chi connectivity index (χ4n) is 8.76. The highest BCUT2D eigenvalue weighted by atomic mass is 16.6. The minimum Gasteiger partial charge on any atom is -0.497 e. The summed E-state index contributed by atoms with van der Waals surface area (Å²) in [6.07, 6.45) is 1.71. The summed E-state index contributed by atoms with van der Waals surface area (Å²) in [5, 5.41) is 0. The third-order valence-electron chi connectivity index (χ3n) is 12.0. The molecule has 324 valence electrons. The average Bonchev–Trinajstić information content (AvgIpc) is 3.99. The van der Waals surface area contributed by atoms with E-state index in [0.29, 0.717) is 17.6 Å². The number of hydrogen-bond acceptors (Lipinski definition) is 11. The van der Waals surface area contributed by atoms with E-state index in [1.807, 2.05) is 138 Å². The lowest BCUT2D eigenvalue weighted by Crippen LogP contribution is -2.43. The number of hydrogen-bond donors (Lipinski definition) is 1. The van der Waals surface area contributed by atoms with Gasteiger partial charge in [0.05, 0.1) is 47.5 Å². The lowest BCUT2D eigenvalue weighted by atomic mass is 9.79. The summed E-state index contributed by atoms with van der Waals surface area (Å²) in [6, 6.07) is 52.4. The van der Waals surface area contributed by atoms with Crippen LogP contribution in [0, 0.1) is 0 Å². The van der Waals surface area contributed by atoms with Crippen LogP contribution in [0.15, 0.2) is 170 Å². The van der Waals surface area contributed by atoms with Crippen LogP contribution in [0.5, 0.6) is 23.0 Å². The van der Waals surface area contributed by atoms with E-state index < -0.39 is 29.6 Å². The molecule has 0 saturated carbocycles. The number of methoxy groups -OCH3 is 4. The number of nitrogen functional groups attached to an aromatic ring is 1. The Labute approximate surface area is 372 Å². The maximum Gasteiger partial charge on any atom is 0.167 e. The number of nitrogens with zero attached hydrogens (tertiary/aromatic N) is 4. The monoisotopic (exact) mass is 855 g/mol. The second kappa shape index (κ2) is 18.2. The minimum absolute atomic E-state index is 0.0912. The summed E-state index contributed by atoms with van der Waals surface area (Å²) in [5.41, 5.74) is 10.4. The van der Waals surface area contributed by atoms with E-state index in [1.165, 1.54) is 6.33 Å². The van der Waals surface area contributed by atoms with Crippen molar-refractivity contribution in [3.63, 3.8) is 0 Å². The van der Waals surface area contributed by atoms with Gasteiger partial charge >= 0.3 is 0 Å². The summed E-state index contributed by atoms with van der Waals surface area (Å²) in [6.45, 7) is 0.0912. The lowest BCUT2D eigenvalue weighted by Gasteiger charge is -2.40. The summed E-state index contributed by atoms with van der Waals surface area (Å²) in [5.74, 6) is 3.17. The van der Waals surface area contributed by atoms with E-state index in [2.05, 4.69) is 39.2 Å². The number of rotatable bonds is 16. The van der Waals surface area contributed by atoms with Gasteiger partial charge in [0.15, 0.2) is 11.5 Å². The van der Waals surface area contributed by atoms with E-state index in [4.69, 9.17) is 38.9 Å². The Bertz CT molecular complexity index is 2670. The molecule has 12 nitrogen and oxygen atoms in total. The van der Waals surface area contributed by atoms with Gasteiger partial charge in [0.1, 0.15) is 58.4 Å². The summed E-state index contributed by atoms with van der Waals surface area (Å²) in [7, 11) is 6.63. The first-order valence-corrected chi connectivity index (χ1v) is 21.0. The highest BCUT2D eigenvalue weighted by Gasteiger charge is 2.48. The van der Waals surface area contributed by atoms with Crippen molar-refractivity contribution in [2.75, 3.05) is 40.8 Å². The molecule has 12 heteroatoms. The zero-order chi connectivity index (χ0) is 44.1. The van der Waals surface area contributed by atoms with Crippen molar-refractivity contribution in [2.45, 2.75) is 36.1 Å². The fourth-order valence-corrected chi connectivity index (χ4v) is 8.76. The molecule has 2 aromatic heterocycles. The van der Waals surface area contributed by atoms with Crippen LogP contribution in [0.25, 0.3) is 11.2 Å². The third-order valence-corrected chi connectivity index (χ3v) is 12.0. The molecule has 1 saturated heterocycles. The average molecular weight is 856 g/mol. The first kappa shape index (κ1) is 42.1. The van der Waals surface area contributed by atoms with E-state index in [9.17, 15) is 0 Å². The Morgan fingerprint density at radius 2 is 0.969 bits per heavy atom. The molecular formula is C52H49N5O7. The Hall–Kier alpha value is -7.25. The fraction of sp³-hybridized carbons (Fsp3) is 0.212. The van der Waals surface area contributed by atoms with Gasteiger partial charge in [0.25, 0.3) is 0 Å². The second-order valence-electron chi connectivity index (χ2n) is 15.4. The molecule has 8 aromatic rings. The largest absolute Gasteiger partial charge is 0.497 e. The van der Waals surface area contributed by atoms with Crippen molar-refractivity contribution >= 4 is 17.0 Å². The first-order chi connectivity index (χ1) is 31.4. The number of nitrogens with two attached hydrogens (primary N) is 1. The molecule has 9 rings (SSSR count). The smallest absolute Gasteiger partial charge is 0.167 e. The highest BCUT2D eigenvalue weighted by molar-refractivity contribution is 5.81. The van der Waals surface area contributed by atoms with Crippen molar-refractivity contribution in [2.24, 2.45) is 0 Å². The second-order valence-corrected chi connectivity index (χ2v) is 15.4. The molecule has 0 bridgehead atoms.